The zero-order chi connectivity index (χ0) is 24.7. The molecular formula is C25H38N4O5. The molecule has 1 aliphatic carbocycles. The van der Waals surface area contributed by atoms with Crippen LogP contribution in [-0.4, -0.2) is 64.3 Å². The smallest absolute Gasteiger partial charge is 0.325 e. The van der Waals surface area contributed by atoms with Gasteiger partial charge < -0.3 is 30.1 Å². The van der Waals surface area contributed by atoms with Gasteiger partial charge in [0.05, 0.1) is 18.4 Å². The van der Waals surface area contributed by atoms with Crippen LogP contribution >= 0.6 is 0 Å². The number of guanidine groups is 1. The van der Waals surface area contributed by atoms with E-state index < -0.39 is 6.23 Å². The summed E-state index contributed by atoms with van der Waals surface area (Å²) in [6.07, 6.45) is 5.26. The summed E-state index contributed by atoms with van der Waals surface area (Å²) < 4.78 is 11.1. The van der Waals surface area contributed by atoms with Crippen LogP contribution in [0.4, 0.5) is 5.69 Å². The van der Waals surface area contributed by atoms with Crippen LogP contribution < -0.4 is 10.5 Å². The van der Waals surface area contributed by atoms with E-state index in [2.05, 4.69) is 4.99 Å². The van der Waals surface area contributed by atoms with Gasteiger partial charge in [0.15, 0.2) is 5.96 Å². The zero-order valence-corrected chi connectivity index (χ0v) is 20.5. The first-order chi connectivity index (χ1) is 16.2. The molecule has 1 aromatic carbocycles. The number of esters is 1. The molecule has 0 saturated heterocycles. The molecule has 34 heavy (non-hydrogen) atoms. The van der Waals surface area contributed by atoms with Crippen LogP contribution in [0.15, 0.2) is 23.2 Å². The van der Waals surface area contributed by atoms with E-state index in [1.165, 1.54) is 6.42 Å². The molecule has 3 N–H and O–H groups in total. The molecule has 9 nitrogen and oxygen atoms in total. The summed E-state index contributed by atoms with van der Waals surface area (Å²) in [5, 5.41) is 10.1. The minimum absolute atomic E-state index is 0.0234. The van der Waals surface area contributed by atoms with E-state index in [1.54, 1.807) is 30.6 Å². The fourth-order valence-electron chi connectivity index (χ4n) is 4.58. The largest absolute Gasteiger partial charge is 0.494 e. The van der Waals surface area contributed by atoms with E-state index in [0.717, 1.165) is 36.9 Å². The van der Waals surface area contributed by atoms with Gasteiger partial charge in [0, 0.05) is 24.6 Å². The first kappa shape index (κ1) is 25.8. The van der Waals surface area contributed by atoms with Gasteiger partial charge in [-0.3, -0.25) is 9.59 Å². The number of carbonyl (C=O) groups is 2. The maximum absolute atomic E-state index is 12.7. The summed E-state index contributed by atoms with van der Waals surface area (Å²) in [5.74, 6) is 0.574. The van der Waals surface area contributed by atoms with Crippen LogP contribution in [0.2, 0.25) is 0 Å². The highest BCUT2D eigenvalue weighted by atomic mass is 16.5. The van der Waals surface area contributed by atoms with Crippen LogP contribution in [0.1, 0.15) is 71.3 Å². The Morgan fingerprint density at radius 2 is 1.97 bits per heavy atom. The van der Waals surface area contributed by atoms with Gasteiger partial charge in [-0.1, -0.05) is 19.3 Å². The van der Waals surface area contributed by atoms with E-state index in [4.69, 9.17) is 15.2 Å². The summed E-state index contributed by atoms with van der Waals surface area (Å²) in [6.45, 7) is 6.11. The molecule has 1 atom stereocenters. The number of amides is 1. The summed E-state index contributed by atoms with van der Waals surface area (Å²) >= 11 is 0. The minimum atomic E-state index is -0.772. The highest BCUT2D eigenvalue weighted by Gasteiger charge is 2.28. The van der Waals surface area contributed by atoms with E-state index in [0.29, 0.717) is 31.7 Å². The number of aliphatic hydroxyl groups is 1. The first-order valence-electron chi connectivity index (χ1n) is 12.3. The third kappa shape index (κ3) is 7.09. The normalized spacial score (nSPS) is 17.1. The lowest BCUT2D eigenvalue weighted by Gasteiger charge is -2.36. The Hall–Kier alpha value is -2.81. The lowest BCUT2D eigenvalue weighted by Crippen LogP contribution is -2.46. The number of rotatable bonds is 10. The Morgan fingerprint density at radius 1 is 1.24 bits per heavy atom. The van der Waals surface area contributed by atoms with Crippen LogP contribution in [0.5, 0.6) is 5.75 Å². The molecule has 0 bridgehead atoms. The van der Waals surface area contributed by atoms with Crippen molar-refractivity contribution in [3.05, 3.63) is 23.8 Å². The van der Waals surface area contributed by atoms with Crippen molar-refractivity contribution in [3.8, 4) is 5.75 Å². The Labute approximate surface area is 201 Å². The highest BCUT2D eigenvalue weighted by molar-refractivity contribution is 5.87. The predicted molar refractivity (Wildman–Crippen MR) is 129 cm³/mol. The number of carbonyl (C=O) groups excluding carboxylic acids is 2. The molecule has 2 aliphatic rings. The second-order valence-electron chi connectivity index (χ2n) is 9.33. The molecule has 1 aliphatic heterocycles. The molecular weight excluding hydrogens is 436 g/mol. The number of aliphatic hydroxyl groups excluding tert-OH is 1. The van der Waals surface area contributed by atoms with Crippen LogP contribution in [0.3, 0.4) is 0 Å². The Balaban J connectivity index is 1.50. The van der Waals surface area contributed by atoms with Crippen molar-refractivity contribution < 1.29 is 24.2 Å². The van der Waals surface area contributed by atoms with Crippen LogP contribution in [0.25, 0.3) is 0 Å². The SMILES string of the molecule is CC(C)OC(=O)CN1Cc2cc(OCCCC(=O)N(C(C)O)C3CCCCC3)ccc2N=C1N. The van der Waals surface area contributed by atoms with Crippen molar-refractivity contribution in [2.24, 2.45) is 10.7 Å². The Morgan fingerprint density at radius 3 is 2.65 bits per heavy atom. The van der Waals surface area contributed by atoms with Crippen LogP contribution in [0, 0.1) is 0 Å². The van der Waals surface area contributed by atoms with Crippen molar-refractivity contribution in [3.63, 3.8) is 0 Å². The molecule has 1 amide bonds. The molecule has 0 radical (unpaired) electrons. The molecule has 0 spiro atoms. The number of ether oxygens (including phenoxy) is 2. The third-order valence-electron chi connectivity index (χ3n) is 6.12. The molecule has 1 fully saturated rings. The average Bonchev–Trinajstić information content (AvgIpc) is 2.77. The van der Waals surface area contributed by atoms with Crippen molar-refractivity contribution in [2.45, 2.75) is 90.6 Å². The van der Waals surface area contributed by atoms with Crippen molar-refractivity contribution in [1.29, 1.82) is 0 Å². The Bertz CT molecular complexity index is 880. The van der Waals surface area contributed by atoms with Crippen molar-refractivity contribution in [2.75, 3.05) is 13.2 Å². The monoisotopic (exact) mass is 474 g/mol. The van der Waals surface area contributed by atoms with E-state index in [-0.39, 0.29) is 36.5 Å². The number of hydrogen-bond acceptors (Lipinski definition) is 8. The van der Waals surface area contributed by atoms with Gasteiger partial charge in [-0.15, -0.1) is 0 Å². The van der Waals surface area contributed by atoms with Crippen molar-refractivity contribution in [1.82, 2.24) is 9.80 Å². The molecule has 188 valence electrons. The standard InChI is InChI=1S/C25H38N4O5/c1-17(2)34-24(32)16-28-15-19-14-21(11-12-22(19)27-25(28)26)33-13-7-10-23(31)29(18(3)30)20-8-5-4-6-9-20/h11-12,14,17-18,20,30H,4-10,13,15-16H2,1-3H3,(H2,26,27). The molecule has 1 unspecified atom stereocenters. The predicted octanol–water partition coefficient (Wildman–Crippen LogP) is 3.06. The van der Waals surface area contributed by atoms with Crippen molar-refractivity contribution >= 4 is 23.5 Å². The molecule has 9 heteroatoms. The Kier molecular flexibility index (Phi) is 9.15. The van der Waals surface area contributed by atoms with E-state index in [1.807, 2.05) is 18.2 Å². The number of hydrogen-bond donors (Lipinski definition) is 2. The first-order valence-corrected chi connectivity index (χ1v) is 12.3. The summed E-state index contributed by atoms with van der Waals surface area (Å²) in [4.78, 5) is 32.5. The van der Waals surface area contributed by atoms with E-state index >= 15 is 0 Å². The average molecular weight is 475 g/mol. The minimum Gasteiger partial charge on any atom is -0.494 e. The van der Waals surface area contributed by atoms with Gasteiger partial charge in [0.25, 0.3) is 0 Å². The summed E-state index contributed by atoms with van der Waals surface area (Å²) in [7, 11) is 0. The second-order valence-corrected chi connectivity index (χ2v) is 9.33. The molecule has 3 rings (SSSR count). The second kappa shape index (κ2) is 12.1. The van der Waals surface area contributed by atoms with Gasteiger partial charge in [-0.05, 0) is 58.2 Å². The maximum Gasteiger partial charge on any atom is 0.325 e. The van der Waals surface area contributed by atoms with Crippen LogP contribution in [-0.2, 0) is 20.9 Å². The quantitative estimate of drug-likeness (QED) is 0.304. The number of nitrogens with zero attached hydrogens (tertiary/aromatic N) is 3. The molecule has 1 aromatic rings. The fourth-order valence-corrected chi connectivity index (χ4v) is 4.58. The third-order valence-corrected chi connectivity index (χ3v) is 6.12. The number of nitrogens with two attached hydrogens (primary N) is 1. The molecule has 0 aromatic heterocycles. The summed E-state index contributed by atoms with van der Waals surface area (Å²) in [5.41, 5.74) is 7.66. The van der Waals surface area contributed by atoms with E-state index in [9.17, 15) is 14.7 Å². The topological polar surface area (TPSA) is 118 Å². The highest BCUT2D eigenvalue weighted by Crippen LogP contribution is 2.29. The lowest BCUT2D eigenvalue weighted by molar-refractivity contribution is -0.148. The summed E-state index contributed by atoms with van der Waals surface area (Å²) in [6, 6.07) is 5.68. The zero-order valence-electron chi connectivity index (χ0n) is 20.5. The van der Waals surface area contributed by atoms with Gasteiger partial charge in [0.2, 0.25) is 5.91 Å². The van der Waals surface area contributed by atoms with Gasteiger partial charge in [-0.25, -0.2) is 4.99 Å². The number of fused-ring (bicyclic) bond motifs is 1. The molecule has 1 heterocycles. The number of aliphatic imine (C=N–C) groups is 1. The maximum atomic E-state index is 12.7. The lowest BCUT2D eigenvalue weighted by atomic mass is 9.93. The number of benzene rings is 1. The van der Waals surface area contributed by atoms with Gasteiger partial charge in [-0.2, -0.15) is 0 Å². The fraction of sp³-hybridized carbons (Fsp3) is 0.640. The van der Waals surface area contributed by atoms with Gasteiger partial charge >= 0.3 is 5.97 Å². The molecule has 1 saturated carbocycles. The van der Waals surface area contributed by atoms with Gasteiger partial charge in [0.1, 0.15) is 18.5 Å².